The molecule has 1 spiro atoms. The standard InChI is InChI=1S/C27H28ClN3O7/c1-13-10-15-23(16(28)11-13)29-26(36)27(15)22-21(17(30-27)5-7-20(32)33)24(34)31(25(22)35)9-8-14-4-6-18(37-2)19(12-14)38-3/h4,6,10-12,17,21-22,30H,5,7-9H2,1-3H3,(H,29,36)(H,32,33). The number of imide groups is 1. The average Bonchev–Trinajstić information content (AvgIpc) is 3.46. The number of ether oxygens (including phenoxy) is 2. The Bertz CT molecular complexity index is 1360. The highest BCUT2D eigenvalue weighted by molar-refractivity contribution is 6.35. The number of hydrogen-bond acceptors (Lipinski definition) is 7. The Morgan fingerprint density at radius 1 is 1.11 bits per heavy atom. The molecule has 3 N–H and O–H groups in total. The minimum atomic E-state index is -1.52. The van der Waals surface area contributed by atoms with Crippen molar-refractivity contribution in [2.75, 3.05) is 26.1 Å². The Labute approximate surface area is 224 Å². The van der Waals surface area contributed by atoms with Crippen LogP contribution in [0.1, 0.15) is 29.5 Å². The first-order chi connectivity index (χ1) is 18.1. The van der Waals surface area contributed by atoms with E-state index in [1.807, 2.05) is 13.0 Å². The van der Waals surface area contributed by atoms with Gasteiger partial charge in [0.1, 0.15) is 5.54 Å². The molecule has 3 aliphatic heterocycles. The van der Waals surface area contributed by atoms with Crippen molar-refractivity contribution in [3.63, 3.8) is 0 Å². The van der Waals surface area contributed by atoms with Gasteiger partial charge in [0, 0.05) is 24.6 Å². The van der Waals surface area contributed by atoms with Gasteiger partial charge in [0.15, 0.2) is 11.5 Å². The summed E-state index contributed by atoms with van der Waals surface area (Å²) in [5, 5.41) is 15.7. The quantitative estimate of drug-likeness (QED) is 0.434. The minimum Gasteiger partial charge on any atom is -0.493 e. The summed E-state index contributed by atoms with van der Waals surface area (Å²) in [5.41, 5.74) is 1.00. The molecule has 4 unspecified atom stereocenters. The zero-order chi connectivity index (χ0) is 27.4. The molecular formula is C27H28ClN3O7. The number of carboxylic acid groups (broad SMARTS) is 1. The number of likely N-dealkylation sites (tertiary alicyclic amines) is 1. The van der Waals surface area contributed by atoms with Crippen LogP contribution in [0.2, 0.25) is 5.02 Å². The number of halogens is 1. The summed E-state index contributed by atoms with van der Waals surface area (Å²) in [6.45, 7) is 1.93. The van der Waals surface area contributed by atoms with Gasteiger partial charge in [-0.2, -0.15) is 0 Å². The fourth-order valence-electron chi connectivity index (χ4n) is 6.08. The summed E-state index contributed by atoms with van der Waals surface area (Å²) in [7, 11) is 3.06. The minimum absolute atomic E-state index is 0.0863. The molecule has 0 radical (unpaired) electrons. The fraction of sp³-hybridized carbons (Fsp3) is 0.407. The number of rotatable bonds is 8. The predicted octanol–water partition coefficient (Wildman–Crippen LogP) is 2.49. The number of carbonyl (C=O) groups is 4. The van der Waals surface area contributed by atoms with E-state index in [4.69, 9.17) is 21.1 Å². The van der Waals surface area contributed by atoms with Gasteiger partial charge in [-0.15, -0.1) is 0 Å². The molecule has 3 aliphatic rings. The molecular weight excluding hydrogens is 514 g/mol. The number of nitrogens with one attached hydrogen (secondary N) is 2. The Kier molecular flexibility index (Phi) is 6.56. The molecule has 5 rings (SSSR count). The van der Waals surface area contributed by atoms with Gasteiger partial charge >= 0.3 is 5.97 Å². The second-order valence-electron chi connectivity index (χ2n) is 9.89. The molecule has 38 heavy (non-hydrogen) atoms. The van der Waals surface area contributed by atoms with Gasteiger partial charge in [-0.3, -0.25) is 29.4 Å². The van der Waals surface area contributed by atoms with E-state index in [-0.39, 0.29) is 19.4 Å². The van der Waals surface area contributed by atoms with E-state index in [1.165, 1.54) is 19.1 Å². The van der Waals surface area contributed by atoms with Crippen molar-refractivity contribution in [2.45, 2.75) is 37.8 Å². The maximum atomic E-state index is 13.9. The third-order valence-electron chi connectivity index (χ3n) is 7.75. The molecule has 4 atom stereocenters. The van der Waals surface area contributed by atoms with Crippen molar-refractivity contribution in [1.29, 1.82) is 0 Å². The van der Waals surface area contributed by atoms with E-state index in [2.05, 4.69) is 10.6 Å². The van der Waals surface area contributed by atoms with Gasteiger partial charge in [-0.05, 0) is 49.1 Å². The first kappa shape index (κ1) is 26.0. The number of carbonyl (C=O) groups excluding carboxylic acids is 3. The molecule has 2 saturated heterocycles. The Balaban J connectivity index is 1.50. The van der Waals surface area contributed by atoms with Gasteiger partial charge in [0.25, 0.3) is 0 Å². The highest BCUT2D eigenvalue weighted by Gasteiger charge is 2.70. The molecule has 3 amide bonds. The fourth-order valence-corrected chi connectivity index (χ4v) is 6.40. The average molecular weight is 542 g/mol. The lowest BCUT2D eigenvalue weighted by Crippen LogP contribution is -2.53. The molecule has 0 aromatic heterocycles. The van der Waals surface area contributed by atoms with Gasteiger partial charge in [-0.1, -0.05) is 23.7 Å². The van der Waals surface area contributed by atoms with Crippen LogP contribution in [0.5, 0.6) is 11.5 Å². The molecule has 0 saturated carbocycles. The van der Waals surface area contributed by atoms with Crippen LogP contribution in [0, 0.1) is 18.8 Å². The van der Waals surface area contributed by atoms with Crippen LogP contribution in [-0.2, 0) is 31.1 Å². The van der Waals surface area contributed by atoms with Crippen LogP contribution >= 0.6 is 11.6 Å². The number of amides is 3. The molecule has 2 aromatic rings. The molecule has 3 heterocycles. The van der Waals surface area contributed by atoms with Gasteiger partial charge in [-0.25, -0.2) is 0 Å². The van der Waals surface area contributed by atoms with Crippen molar-refractivity contribution >= 4 is 41.0 Å². The Morgan fingerprint density at radius 2 is 1.84 bits per heavy atom. The molecule has 11 heteroatoms. The van der Waals surface area contributed by atoms with E-state index in [9.17, 15) is 24.3 Å². The number of hydrogen-bond donors (Lipinski definition) is 3. The van der Waals surface area contributed by atoms with Crippen molar-refractivity contribution in [1.82, 2.24) is 10.2 Å². The lowest BCUT2D eigenvalue weighted by atomic mass is 9.76. The Morgan fingerprint density at radius 3 is 2.53 bits per heavy atom. The maximum Gasteiger partial charge on any atom is 0.303 e. The summed E-state index contributed by atoms with van der Waals surface area (Å²) in [4.78, 5) is 53.7. The van der Waals surface area contributed by atoms with Crippen molar-refractivity contribution in [3.05, 3.63) is 52.0 Å². The van der Waals surface area contributed by atoms with E-state index < -0.39 is 47.1 Å². The molecule has 2 aromatic carbocycles. The summed E-state index contributed by atoms with van der Waals surface area (Å²) >= 11 is 6.44. The third kappa shape index (κ3) is 3.90. The van der Waals surface area contributed by atoms with Gasteiger partial charge < -0.3 is 19.9 Å². The van der Waals surface area contributed by atoms with Crippen LogP contribution < -0.4 is 20.1 Å². The van der Waals surface area contributed by atoms with E-state index >= 15 is 0 Å². The molecule has 10 nitrogen and oxygen atoms in total. The SMILES string of the molecule is COc1ccc(CCN2C(=O)C3C(CCC(=O)O)NC4(C(=O)Nc5c(Cl)cc(C)cc54)C3C2=O)cc1OC. The van der Waals surface area contributed by atoms with Crippen molar-refractivity contribution in [3.8, 4) is 11.5 Å². The van der Waals surface area contributed by atoms with E-state index in [0.29, 0.717) is 34.2 Å². The molecule has 0 bridgehead atoms. The van der Waals surface area contributed by atoms with E-state index in [0.717, 1.165) is 11.1 Å². The summed E-state index contributed by atoms with van der Waals surface area (Å²) in [6, 6.07) is 8.18. The number of nitrogens with zero attached hydrogens (tertiary/aromatic N) is 1. The highest BCUT2D eigenvalue weighted by atomic mass is 35.5. The van der Waals surface area contributed by atoms with Crippen LogP contribution in [0.4, 0.5) is 5.69 Å². The predicted molar refractivity (Wildman–Crippen MR) is 137 cm³/mol. The zero-order valence-corrected chi connectivity index (χ0v) is 21.9. The largest absolute Gasteiger partial charge is 0.493 e. The maximum absolute atomic E-state index is 13.9. The number of fused-ring (bicyclic) bond motifs is 4. The Hall–Kier alpha value is -3.63. The van der Waals surface area contributed by atoms with Crippen molar-refractivity contribution < 1.29 is 33.8 Å². The number of benzene rings is 2. The summed E-state index contributed by atoms with van der Waals surface area (Å²) in [5.74, 6) is -3.21. The first-order valence-corrected chi connectivity index (χ1v) is 12.7. The molecule has 0 aliphatic carbocycles. The van der Waals surface area contributed by atoms with Crippen LogP contribution in [0.25, 0.3) is 0 Å². The molecule has 2 fully saturated rings. The smallest absolute Gasteiger partial charge is 0.303 e. The summed E-state index contributed by atoms with van der Waals surface area (Å²) in [6.07, 6.45) is 0.237. The number of methoxy groups -OCH3 is 2. The van der Waals surface area contributed by atoms with Crippen molar-refractivity contribution in [2.24, 2.45) is 11.8 Å². The number of aryl methyl sites for hydroxylation is 1. The topological polar surface area (TPSA) is 134 Å². The number of anilines is 1. The van der Waals surface area contributed by atoms with Crippen LogP contribution in [0.3, 0.4) is 0 Å². The van der Waals surface area contributed by atoms with Crippen LogP contribution in [0.15, 0.2) is 30.3 Å². The number of aliphatic carboxylic acids is 1. The monoisotopic (exact) mass is 541 g/mol. The first-order valence-electron chi connectivity index (χ1n) is 12.3. The zero-order valence-electron chi connectivity index (χ0n) is 21.2. The van der Waals surface area contributed by atoms with Gasteiger partial charge in [0.2, 0.25) is 17.7 Å². The number of carboxylic acids is 1. The third-order valence-corrected chi connectivity index (χ3v) is 8.05. The van der Waals surface area contributed by atoms with E-state index in [1.54, 1.807) is 24.3 Å². The van der Waals surface area contributed by atoms with Gasteiger partial charge in [0.05, 0.1) is 36.8 Å². The normalized spacial score (nSPS) is 25.5. The lowest BCUT2D eigenvalue weighted by molar-refractivity contribution is -0.143. The highest BCUT2D eigenvalue weighted by Crippen LogP contribution is 2.55. The van der Waals surface area contributed by atoms with Crippen LogP contribution in [-0.4, -0.2) is 60.5 Å². The molecule has 200 valence electrons. The summed E-state index contributed by atoms with van der Waals surface area (Å²) < 4.78 is 10.6. The lowest BCUT2D eigenvalue weighted by Gasteiger charge is -2.29. The second-order valence-corrected chi connectivity index (χ2v) is 10.3. The second kappa shape index (κ2) is 9.59.